The Balaban J connectivity index is 1.82. The third kappa shape index (κ3) is 3.44. The molecule has 2 aliphatic rings. The van der Waals surface area contributed by atoms with E-state index in [1.165, 1.54) is 0 Å². The monoisotopic (exact) mass is 282 g/mol. The van der Waals surface area contributed by atoms with Crippen molar-refractivity contribution in [3.63, 3.8) is 0 Å². The fraction of sp³-hybridized carbons (Fsp3) is 0.867. The lowest BCUT2D eigenvalue weighted by Crippen LogP contribution is -2.44. The maximum Gasteiger partial charge on any atom is 0.410 e. The van der Waals surface area contributed by atoms with Crippen LogP contribution >= 0.6 is 0 Å². The Morgan fingerprint density at radius 3 is 1.95 bits per heavy atom. The molecule has 114 valence electrons. The van der Waals surface area contributed by atoms with Crippen LogP contribution in [0.3, 0.4) is 0 Å². The SMILES string of the molecule is CC(C)(C)NC(=O)C1C2CN(C(=O)OC(C)(C)C)CC21. The number of carbonyl (C=O) groups is 2. The van der Waals surface area contributed by atoms with Gasteiger partial charge in [0, 0.05) is 24.5 Å². The molecular formula is C15H26N2O3. The lowest BCUT2D eigenvalue weighted by molar-refractivity contribution is -0.124. The minimum atomic E-state index is -0.465. The molecule has 0 radical (unpaired) electrons. The van der Waals surface area contributed by atoms with Gasteiger partial charge in [0.25, 0.3) is 0 Å². The Morgan fingerprint density at radius 2 is 1.55 bits per heavy atom. The van der Waals surface area contributed by atoms with E-state index in [2.05, 4.69) is 5.32 Å². The minimum absolute atomic E-state index is 0.0768. The predicted octanol–water partition coefficient (Wildman–Crippen LogP) is 2.01. The average Bonchev–Trinajstić information content (AvgIpc) is 2.69. The van der Waals surface area contributed by atoms with Gasteiger partial charge in [-0.25, -0.2) is 4.79 Å². The number of hydrogen-bond donors (Lipinski definition) is 1. The quantitative estimate of drug-likeness (QED) is 0.800. The molecule has 1 N–H and O–H groups in total. The molecule has 0 aromatic rings. The molecule has 5 nitrogen and oxygen atoms in total. The Labute approximate surface area is 121 Å². The topological polar surface area (TPSA) is 58.6 Å². The Bertz CT molecular complexity index is 382. The number of nitrogens with one attached hydrogen (secondary N) is 1. The standard InChI is InChI=1S/C15H26N2O3/c1-14(2,3)16-12(18)11-9-7-17(8-10(9)11)13(19)20-15(4,5)6/h9-11H,7-8H2,1-6H3,(H,16,18). The molecule has 1 saturated heterocycles. The molecule has 2 unspecified atom stereocenters. The number of amides is 2. The molecule has 2 amide bonds. The van der Waals surface area contributed by atoms with E-state index in [4.69, 9.17) is 4.74 Å². The van der Waals surface area contributed by atoms with Crippen LogP contribution in [0.2, 0.25) is 0 Å². The molecule has 2 fully saturated rings. The van der Waals surface area contributed by atoms with Gasteiger partial charge in [-0.3, -0.25) is 4.79 Å². The number of fused-ring (bicyclic) bond motifs is 1. The van der Waals surface area contributed by atoms with Crippen LogP contribution in [-0.2, 0) is 9.53 Å². The first kappa shape index (κ1) is 15.1. The first-order valence-electron chi connectivity index (χ1n) is 7.28. The molecule has 2 rings (SSSR count). The first-order chi connectivity index (χ1) is 8.98. The van der Waals surface area contributed by atoms with Crippen LogP contribution in [0, 0.1) is 17.8 Å². The van der Waals surface area contributed by atoms with Gasteiger partial charge in [-0.05, 0) is 53.4 Å². The predicted molar refractivity (Wildman–Crippen MR) is 76.2 cm³/mol. The zero-order valence-electron chi connectivity index (χ0n) is 13.3. The van der Waals surface area contributed by atoms with E-state index in [1.807, 2.05) is 41.5 Å². The highest BCUT2D eigenvalue weighted by Gasteiger charge is 2.60. The van der Waals surface area contributed by atoms with Crippen LogP contribution in [-0.4, -0.2) is 41.1 Å². The van der Waals surface area contributed by atoms with E-state index in [-0.39, 0.29) is 23.5 Å². The second-order valence-electron chi connectivity index (χ2n) is 7.98. The molecule has 0 aromatic carbocycles. The number of piperidine rings is 1. The summed E-state index contributed by atoms with van der Waals surface area (Å²) >= 11 is 0. The van der Waals surface area contributed by atoms with Gasteiger partial charge in [0.05, 0.1) is 0 Å². The van der Waals surface area contributed by atoms with Crippen molar-refractivity contribution in [3.8, 4) is 0 Å². The van der Waals surface area contributed by atoms with E-state index in [9.17, 15) is 9.59 Å². The summed E-state index contributed by atoms with van der Waals surface area (Å²) in [5, 5.41) is 3.02. The van der Waals surface area contributed by atoms with Gasteiger partial charge in [0.1, 0.15) is 5.60 Å². The van der Waals surface area contributed by atoms with E-state index >= 15 is 0 Å². The van der Waals surface area contributed by atoms with Gasteiger partial charge in [-0.2, -0.15) is 0 Å². The Morgan fingerprint density at radius 1 is 1.05 bits per heavy atom. The lowest BCUT2D eigenvalue weighted by Gasteiger charge is -2.26. The molecular weight excluding hydrogens is 256 g/mol. The van der Waals surface area contributed by atoms with Crippen molar-refractivity contribution in [1.29, 1.82) is 0 Å². The van der Waals surface area contributed by atoms with Crippen LogP contribution in [0.25, 0.3) is 0 Å². The molecule has 1 aliphatic heterocycles. The summed E-state index contributed by atoms with van der Waals surface area (Å²) in [5.41, 5.74) is -0.661. The number of likely N-dealkylation sites (tertiary alicyclic amines) is 1. The van der Waals surface area contributed by atoms with Crippen molar-refractivity contribution in [3.05, 3.63) is 0 Å². The highest BCUT2D eigenvalue weighted by Crippen LogP contribution is 2.52. The van der Waals surface area contributed by atoms with Crippen LogP contribution in [0.1, 0.15) is 41.5 Å². The van der Waals surface area contributed by atoms with Gasteiger partial charge in [0.15, 0.2) is 0 Å². The van der Waals surface area contributed by atoms with Gasteiger partial charge in [0.2, 0.25) is 5.91 Å². The highest BCUT2D eigenvalue weighted by molar-refractivity contribution is 5.83. The van der Waals surface area contributed by atoms with Gasteiger partial charge in [-0.1, -0.05) is 0 Å². The summed E-state index contributed by atoms with van der Waals surface area (Å²) in [6, 6.07) is 0. The molecule has 5 heteroatoms. The fourth-order valence-corrected chi connectivity index (χ4v) is 2.84. The second-order valence-corrected chi connectivity index (χ2v) is 7.98. The zero-order chi connectivity index (χ0) is 15.3. The molecule has 1 heterocycles. The average molecular weight is 282 g/mol. The minimum Gasteiger partial charge on any atom is -0.444 e. The van der Waals surface area contributed by atoms with E-state index in [0.29, 0.717) is 24.9 Å². The van der Waals surface area contributed by atoms with Crippen LogP contribution in [0.15, 0.2) is 0 Å². The van der Waals surface area contributed by atoms with E-state index in [0.717, 1.165) is 0 Å². The Hall–Kier alpha value is -1.26. The van der Waals surface area contributed by atoms with Crippen LogP contribution < -0.4 is 5.32 Å². The van der Waals surface area contributed by atoms with Gasteiger partial charge < -0.3 is 15.0 Å². The molecule has 1 aliphatic carbocycles. The third-order valence-electron chi connectivity index (χ3n) is 3.65. The van der Waals surface area contributed by atoms with Gasteiger partial charge in [-0.15, -0.1) is 0 Å². The summed E-state index contributed by atoms with van der Waals surface area (Å²) in [4.78, 5) is 25.8. The van der Waals surface area contributed by atoms with Crippen molar-refractivity contribution in [2.75, 3.05) is 13.1 Å². The molecule has 0 spiro atoms. The van der Waals surface area contributed by atoms with E-state index in [1.54, 1.807) is 4.90 Å². The molecule has 2 atom stereocenters. The van der Waals surface area contributed by atoms with Crippen molar-refractivity contribution in [2.45, 2.75) is 52.7 Å². The summed E-state index contributed by atoms with van der Waals surface area (Å²) in [6.07, 6.45) is -0.264. The van der Waals surface area contributed by atoms with Crippen LogP contribution in [0.5, 0.6) is 0 Å². The third-order valence-corrected chi connectivity index (χ3v) is 3.65. The molecule has 0 aromatic heterocycles. The number of hydrogen-bond acceptors (Lipinski definition) is 3. The van der Waals surface area contributed by atoms with Crippen LogP contribution in [0.4, 0.5) is 4.79 Å². The van der Waals surface area contributed by atoms with Crippen molar-refractivity contribution >= 4 is 12.0 Å². The summed E-state index contributed by atoms with van der Waals surface area (Å²) in [7, 11) is 0. The summed E-state index contributed by atoms with van der Waals surface area (Å²) in [5.74, 6) is 0.819. The second kappa shape index (κ2) is 4.64. The number of rotatable bonds is 1. The highest BCUT2D eigenvalue weighted by atomic mass is 16.6. The fourth-order valence-electron chi connectivity index (χ4n) is 2.84. The van der Waals surface area contributed by atoms with Gasteiger partial charge >= 0.3 is 6.09 Å². The smallest absolute Gasteiger partial charge is 0.410 e. The number of carbonyl (C=O) groups excluding carboxylic acids is 2. The molecule has 0 bridgehead atoms. The largest absolute Gasteiger partial charge is 0.444 e. The maximum atomic E-state index is 12.1. The Kier molecular flexibility index (Phi) is 3.51. The maximum absolute atomic E-state index is 12.1. The molecule has 1 saturated carbocycles. The van der Waals surface area contributed by atoms with E-state index < -0.39 is 5.60 Å². The normalized spacial score (nSPS) is 28.9. The summed E-state index contributed by atoms with van der Waals surface area (Å²) < 4.78 is 5.35. The zero-order valence-corrected chi connectivity index (χ0v) is 13.3. The number of ether oxygens (including phenoxy) is 1. The van der Waals surface area contributed by atoms with Crippen molar-refractivity contribution < 1.29 is 14.3 Å². The first-order valence-corrected chi connectivity index (χ1v) is 7.28. The molecule has 20 heavy (non-hydrogen) atoms. The summed E-state index contributed by atoms with van der Waals surface area (Å²) in [6.45, 7) is 12.8. The number of nitrogens with zero attached hydrogens (tertiary/aromatic N) is 1. The van der Waals surface area contributed by atoms with Crippen molar-refractivity contribution in [2.24, 2.45) is 17.8 Å². The lowest BCUT2D eigenvalue weighted by atomic mass is 10.1. The van der Waals surface area contributed by atoms with Crippen molar-refractivity contribution in [1.82, 2.24) is 10.2 Å².